The molecule has 0 unspecified atom stereocenters. The Balaban J connectivity index is 1.62. The van der Waals surface area contributed by atoms with E-state index in [1.54, 1.807) is 29.4 Å². The van der Waals surface area contributed by atoms with E-state index in [0.29, 0.717) is 17.4 Å². The maximum atomic E-state index is 12.4. The summed E-state index contributed by atoms with van der Waals surface area (Å²) >= 11 is 0. The average molecular weight is 335 g/mol. The fourth-order valence-electron chi connectivity index (χ4n) is 2.39. The Morgan fingerprint density at radius 2 is 2.04 bits per heavy atom. The molecule has 0 fully saturated rings. The number of nitrogens with zero attached hydrogens (tertiary/aromatic N) is 8. The van der Waals surface area contributed by atoms with Crippen molar-refractivity contribution in [2.24, 2.45) is 0 Å². The molecule has 10 heteroatoms. The third kappa shape index (κ3) is 2.80. The van der Waals surface area contributed by atoms with E-state index in [4.69, 9.17) is 0 Å². The summed E-state index contributed by atoms with van der Waals surface area (Å²) in [6.07, 6.45) is 6.35. The number of hydrogen-bond acceptors (Lipinski definition) is 7. The number of imidazole rings is 1. The first-order valence-electron chi connectivity index (χ1n) is 7.43. The predicted molar refractivity (Wildman–Crippen MR) is 87.4 cm³/mol. The van der Waals surface area contributed by atoms with Gasteiger partial charge in [-0.2, -0.15) is 4.98 Å². The lowest BCUT2D eigenvalue weighted by molar-refractivity contribution is 0.101. The second-order valence-electron chi connectivity index (χ2n) is 5.37. The molecule has 0 radical (unpaired) electrons. The molecule has 0 aliphatic rings. The molecule has 0 aliphatic carbocycles. The minimum Gasteiger partial charge on any atom is -0.304 e. The summed E-state index contributed by atoms with van der Waals surface area (Å²) in [5, 5.41) is 6.86. The maximum Gasteiger partial charge on any atom is 0.296 e. The van der Waals surface area contributed by atoms with Gasteiger partial charge in [-0.1, -0.05) is 0 Å². The van der Waals surface area contributed by atoms with Crippen molar-refractivity contribution in [2.45, 2.75) is 13.8 Å². The second kappa shape index (κ2) is 5.74. The van der Waals surface area contributed by atoms with E-state index in [1.165, 1.54) is 10.8 Å². The smallest absolute Gasteiger partial charge is 0.296 e. The second-order valence-corrected chi connectivity index (χ2v) is 5.37. The van der Waals surface area contributed by atoms with Crippen LogP contribution in [-0.4, -0.2) is 45.0 Å². The molecular weight excluding hydrogens is 322 g/mol. The fourth-order valence-corrected chi connectivity index (χ4v) is 2.39. The Bertz CT molecular complexity index is 1070. The Hall–Kier alpha value is -3.69. The number of carbonyl (C=O) groups is 1. The first kappa shape index (κ1) is 14.9. The summed E-state index contributed by atoms with van der Waals surface area (Å²) < 4.78 is 3.23. The zero-order valence-electron chi connectivity index (χ0n) is 13.5. The number of aryl methyl sites for hydroxylation is 2. The van der Waals surface area contributed by atoms with Gasteiger partial charge < -0.3 is 5.32 Å². The fraction of sp³-hybridized carbons (Fsp3) is 0.133. The highest BCUT2D eigenvalue weighted by Gasteiger charge is 2.16. The van der Waals surface area contributed by atoms with E-state index in [9.17, 15) is 4.79 Å². The van der Waals surface area contributed by atoms with Crippen molar-refractivity contribution >= 4 is 17.5 Å². The zero-order chi connectivity index (χ0) is 17.4. The first-order chi connectivity index (χ1) is 12.1. The van der Waals surface area contributed by atoms with Crippen LogP contribution in [0.25, 0.3) is 11.6 Å². The molecule has 0 aromatic carbocycles. The molecule has 4 aromatic rings. The zero-order valence-corrected chi connectivity index (χ0v) is 13.5. The molecule has 0 atom stereocenters. The van der Waals surface area contributed by atoms with E-state index in [1.807, 2.05) is 19.9 Å². The Kier molecular flexibility index (Phi) is 3.42. The molecule has 1 amide bonds. The van der Waals surface area contributed by atoms with Crippen molar-refractivity contribution in [1.82, 2.24) is 39.1 Å². The third-order valence-electron chi connectivity index (χ3n) is 3.48. The van der Waals surface area contributed by atoms with Gasteiger partial charge in [0.2, 0.25) is 5.82 Å². The quantitative estimate of drug-likeness (QED) is 0.593. The molecule has 1 N–H and O–H groups in total. The van der Waals surface area contributed by atoms with Gasteiger partial charge in [-0.05, 0) is 19.9 Å². The molecule has 0 saturated heterocycles. The van der Waals surface area contributed by atoms with Gasteiger partial charge >= 0.3 is 0 Å². The number of fused-ring (bicyclic) bond motifs is 1. The molecule has 4 heterocycles. The number of nitrogens with one attached hydrogen (secondary N) is 1. The minimum atomic E-state index is -0.474. The van der Waals surface area contributed by atoms with Crippen LogP contribution < -0.4 is 5.32 Å². The highest BCUT2D eigenvalue weighted by molar-refractivity contribution is 6.01. The summed E-state index contributed by atoms with van der Waals surface area (Å²) in [6.45, 7) is 3.74. The van der Waals surface area contributed by atoms with Gasteiger partial charge in [0.05, 0.1) is 0 Å². The van der Waals surface area contributed by atoms with Crippen molar-refractivity contribution in [2.75, 3.05) is 5.32 Å². The molecule has 4 rings (SSSR count). The van der Waals surface area contributed by atoms with Crippen LogP contribution in [0.3, 0.4) is 0 Å². The monoisotopic (exact) mass is 335 g/mol. The van der Waals surface area contributed by atoms with Crippen molar-refractivity contribution in [1.29, 1.82) is 0 Å². The average Bonchev–Trinajstić information content (AvgIpc) is 3.24. The third-order valence-corrected chi connectivity index (χ3v) is 3.48. The van der Waals surface area contributed by atoms with Gasteiger partial charge in [0.15, 0.2) is 0 Å². The van der Waals surface area contributed by atoms with Crippen LogP contribution in [0.4, 0.5) is 5.82 Å². The summed E-state index contributed by atoms with van der Waals surface area (Å²) in [5.74, 6) is 0.841. The highest BCUT2D eigenvalue weighted by Crippen LogP contribution is 2.10. The Labute approximate surface area is 141 Å². The van der Waals surface area contributed by atoms with E-state index < -0.39 is 5.91 Å². The van der Waals surface area contributed by atoms with Gasteiger partial charge in [-0.3, -0.25) is 9.36 Å². The lowest BCUT2D eigenvalue weighted by atomic mass is 10.4. The van der Waals surface area contributed by atoms with Gasteiger partial charge in [0.1, 0.15) is 24.3 Å². The van der Waals surface area contributed by atoms with E-state index >= 15 is 0 Å². The standard InChI is InChI=1S/C15H13N9O/c1-9-5-10(2)24-15(19-9)21-13(22-24)14(25)20-11-6-12(18-7-17-11)23-4-3-16-8-23/h3-8H,1-2H3,(H,17,18,20,25). The summed E-state index contributed by atoms with van der Waals surface area (Å²) in [7, 11) is 0. The largest absolute Gasteiger partial charge is 0.304 e. The van der Waals surface area contributed by atoms with Crippen LogP contribution in [-0.2, 0) is 0 Å². The Morgan fingerprint density at radius 1 is 1.16 bits per heavy atom. The van der Waals surface area contributed by atoms with Crippen molar-refractivity contribution in [3.8, 4) is 5.82 Å². The molecule has 10 nitrogen and oxygen atoms in total. The number of aromatic nitrogens is 8. The van der Waals surface area contributed by atoms with Gasteiger partial charge in [-0.25, -0.2) is 24.5 Å². The highest BCUT2D eigenvalue weighted by atomic mass is 16.2. The van der Waals surface area contributed by atoms with Gasteiger partial charge in [-0.15, -0.1) is 5.10 Å². The molecule has 0 saturated carbocycles. The Morgan fingerprint density at radius 3 is 2.84 bits per heavy atom. The number of carbonyl (C=O) groups excluding carboxylic acids is 1. The maximum absolute atomic E-state index is 12.4. The van der Waals surface area contributed by atoms with Crippen LogP contribution in [0.2, 0.25) is 0 Å². The number of anilines is 1. The summed E-state index contributed by atoms with van der Waals surface area (Å²) in [4.78, 5) is 33.0. The lowest BCUT2D eigenvalue weighted by Gasteiger charge is -2.04. The van der Waals surface area contributed by atoms with Crippen LogP contribution in [0, 0.1) is 13.8 Å². The molecule has 0 aliphatic heterocycles. The lowest BCUT2D eigenvalue weighted by Crippen LogP contribution is -2.15. The van der Waals surface area contributed by atoms with Crippen LogP contribution in [0.1, 0.15) is 22.0 Å². The molecule has 0 bridgehead atoms. The molecular formula is C15H13N9O. The van der Waals surface area contributed by atoms with Crippen LogP contribution in [0.15, 0.2) is 37.2 Å². The van der Waals surface area contributed by atoms with Gasteiger partial charge in [0.25, 0.3) is 11.7 Å². The van der Waals surface area contributed by atoms with Crippen molar-refractivity contribution < 1.29 is 4.79 Å². The summed E-state index contributed by atoms with van der Waals surface area (Å²) in [6, 6.07) is 3.49. The topological polar surface area (TPSA) is 116 Å². The van der Waals surface area contributed by atoms with Crippen molar-refractivity contribution in [3.63, 3.8) is 0 Å². The molecule has 0 spiro atoms. The number of hydrogen-bond donors (Lipinski definition) is 1. The van der Waals surface area contributed by atoms with E-state index in [2.05, 4.69) is 35.3 Å². The molecule has 4 aromatic heterocycles. The number of rotatable bonds is 3. The normalized spacial score (nSPS) is 11.0. The van der Waals surface area contributed by atoms with Gasteiger partial charge in [0, 0.05) is 29.8 Å². The summed E-state index contributed by atoms with van der Waals surface area (Å²) in [5.41, 5.74) is 1.66. The predicted octanol–water partition coefficient (Wildman–Crippen LogP) is 0.969. The van der Waals surface area contributed by atoms with Crippen molar-refractivity contribution in [3.05, 3.63) is 54.4 Å². The number of amides is 1. The van der Waals surface area contributed by atoms with Crippen LogP contribution >= 0.6 is 0 Å². The first-order valence-corrected chi connectivity index (χ1v) is 7.43. The van der Waals surface area contributed by atoms with E-state index in [-0.39, 0.29) is 5.82 Å². The SMILES string of the molecule is Cc1cc(C)n2nc(C(=O)Nc3cc(-n4ccnc4)ncn3)nc2n1. The van der Waals surface area contributed by atoms with Crippen LogP contribution in [0.5, 0.6) is 0 Å². The minimum absolute atomic E-state index is 0.0176. The van der Waals surface area contributed by atoms with E-state index in [0.717, 1.165) is 11.4 Å². The molecule has 25 heavy (non-hydrogen) atoms. The molecule has 124 valence electrons.